The number of carbonyl (C=O) groups excluding carboxylic acids is 1. The van der Waals surface area contributed by atoms with E-state index in [4.69, 9.17) is 18.9 Å². The Morgan fingerprint density at radius 3 is 1.81 bits per heavy atom. The molecular formula is C32H38O5. The molecule has 0 amide bonds. The van der Waals surface area contributed by atoms with Gasteiger partial charge in [-0.1, -0.05) is 117 Å². The van der Waals surface area contributed by atoms with E-state index in [1.165, 1.54) is 0 Å². The highest BCUT2D eigenvalue weighted by molar-refractivity contribution is 5.88. The average molecular weight is 503 g/mol. The average Bonchev–Trinajstić information content (AvgIpc) is 2.94. The van der Waals surface area contributed by atoms with Gasteiger partial charge in [-0.15, -0.1) is 0 Å². The van der Waals surface area contributed by atoms with Crippen molar-refractivity contribution >= 4 is 5.78 Å². The van der Waals surface area contributed by atoms with Gasteiger partial charge in [0.2, 0.25) is 0 Å². The summed E-state index contributed by atoms with van der Waals surface area (Å²) in [5, 5.41) is 0. The van der Waals surface area contributed by atoms with Crippen LogP contribution in [0, 0.1) is 0 Å². The van der Waals surface area contributed by atoms with E-state index in [1.807, 2.05) is 91.0 Å². The molecule has 3 aromatic carbocycles. The highest BCUT2D eigenvalue weighted by Gasteiger charge is 2.46. The second-order valence-corrected chi connectivity index (χ2v) is 9.54. The Labute approximate surface area is 220 Å². The lowest BCUT2D eigenvalue weighted by Crippen LogP contribution is -2.58. The maximum Gasteiger partial charge on any atom is 0.192 e. The van der Waals surface area contributed by atoms with E-state index in [9.17, 15) is 4.79 Å². The normalized spacial score (nSPS) is 21.7. The summed E-state index contributed by atoms with van der Waals surface area (Å²) >= 11 is 0. The monoisotopic (exact) mass is 502 g/mol. The number of carbonyl (C=O) groups is 1. The van der Waals surface area contributed by atoms with E-state index in [2.05, 4.69) is 6.92 Å². The topological polar surface area (TPSA) is 54.0 Å². The fourth-order valence-corrected chi connectivity index (χ4v) is 4.59. The van der Waals surface area contributed by atoms with Crippen LogP contribution in [0.25, 0.3) is 0 Å². The van der Waals surface area contributed by atoms with Crippen LogP contribution >= 0.6 is 0 Å². The first kappa shape index (κ1) is 27.2. The molecule has 1 fully saturated rings. The Hall–Kier alpha value is -2.83. The second-order valence-electron chi connectivity index (χ2n) is 9.54. The molecular weight excluding hydrogens is 464 g/mol. The Kier molecular flexibility index (Phi) is 10.9. The number of unbranched alkanes of at least 4 members (excludes halogenated alkanes) is 2. The number of ether oxygens (including phenoxy) is 4. The van der Waals surface area contributed by atoms with Gasteiger partial charge in [-0.25, -0.2) is 0 Å². The van der Waals surface area contributed by atoms with Crippen LogP contribution in [-0.4, -0.2) is 36.8 Å². The summed E-state index contributed by atoms with van der Waals surface area (Å²) in [4.78, 5) is 13.6. The number of rotatable bonds is 14. The molecule has 1 saturated heterocycles. The SMILES string of the molecule is CCCCC[C@@H]1O[C@H](COCc2ccccc2)[C@@H](OCc2ccccc2)[C@H](OCc2ccccc2)C1=O. The van der Waals surface area contributed by atoms with Gasteiger partial charge in [-0.2, -0.15) is 0 Å². The van der Waals surface area contributed by atoms with Gasteiger partial charge in [-0.3, -0.25) is 4.79 Å². The first-order chi connectivity index (χ1) is 18.2. The highest BCUT2D eigenvalue weighted by Crippen LogP contribution is 2.28. The van der Waals surface area contributed by atoms with Gasteiger partial charge < -0.3 is 18.9 Å². The van der Waals surface area contributed by atoms with Crippen molar-refractivity contribution in [3.8, 4) is 0 Å². The number of Topliss-reactive ketones (excluding diaryl/α,β-unsaturated/α-hetero) is 1. The minimum absolute atomic E-state index is 0.0376. The lowest BCUT2D eigenvalue weighted by atomic mass is 9.93. The Balaban J connectivity index is 1.51. The summed E-state index contributed by atoms with van der Waals surface area (Å²) in [6.45, 7) is 3.64. The first-order valence-corrected chi connectivity index (χ1v) is 13.4. The standard InChI is InChI=1S/C32H38O5/c1-2-3-7-20-28-30(33)32(36-23-27-18-12-6-13-19-27)31(35-22-26-16-10-5-11-17-26)29(37-28)24-34-21-25-14-8-4-9-15-25/h4-6,8-19,28-29,31-32H,2-3,7,20-24H2,1H3/t28-,29+,31+,32+/m0/s1. The van der Waals surface area contributed by atoms with E-state index in [1.54, 1.807) is 0 Å². The zero-order chi connectivity index (χ0) is 25.7. The van der Waals surface area contributed by atoms with Gasteiger partial charge in [0, 0.05) is 0 Å². The summed E-state index contributed by atoms with van der Waals surface area (Å²) in [6, 6.07) is 29.9. The van der Waals surface area contributed by atoms with Crippen LogP contribution in [0.4, 0.5) is 0 Å². The lowest BCUT2D eigenvalue weighted by molar-refractivity contribution is -0.215. The maximum absolute atomic E-state index is 13.6. The van der Waals surface area contributed by atoms with Gasteiger partial charge in [0.1, 0.15) is 24.4 Å². The molecule has 4 atom stereocenters. The molecule has 5 nitrogen and oxygen atoms in total. The van der Waals surface area contributed by atoms with Crippen molar-refractivity contribution in [1.82, 2.24) is 0 Å². The predicted molar refractivity (Wildman–Crippen MR) is 144 cm³/mol. The summed E-state index contributed by atoms with van der Waals surface area (Å²) in [5.74, 6) is -0.0376. The van der Waals surface area contributed by atoms with Crippen LogP contribution in [0.1, 0.15) is 49.3 Å². The van der Waals surface area contributed by atoms with E-state index in [-0.39, 0.29) is 5.78 Å². The molecule has 1 aliphatic rings. The molecule has 0 N–H and O–H groups in total. The molecule has 0 radical (unpaired) electrons. The largest absolute Gasteiger partial charge is 0.374 e. The van der Waals surface area contributed by atoms with E-state index < -0.39 is 24.4 Å². The van der Waals surface area contributed by atoms with Crippen molar-refractivity contribution in [1.29, 1.82) is 0 Å². The maximum atomic E-state index is 13.6. The van der Waals surface area contributed by atoms with Gasteiger partial charge in [0.15, 0.2) is 5.78 Å². The third kappa shape index (κ3) is 8.34. The quantitative estimate of drug-likeness (QED) is 0.243. The molecule has 196 valence electrons. The van der Waals surface area contributed by atoms with Crippen LogP contribution in [0.3, 0.4) is 0 Å². The molecule has 0 saturated carbocycles. The van der Waals surface area contributed by atoms with Crippen LogP contribution < -0.4 is 0 Å². The summed E-state index contributed by atoms with van der Waals surface area (Å²) in [7, 11) is 0. The molecule has 0 aromatic heterocycles. The van der Waals surface area contributed by atoms with Crippen molar-refractivity contribution < 1.29 is 23.7 Å². The Morgan fingerprint density at radius 1 is 0.703 bits per heavy atom. The molecule has 0 spiro atoms. The van der Waals surface area contributed by atoms with Gasteiger partial charge in [0.25, 0.3) is 0 Å². The molecule has 3 aromatic rings. The van der Waals surface area contributed by atoms with Gasteiger partial charge >= 0.3 is 0 Å². The van der Waals surface area contributed by atoms with Gasteiger partial charge in [-0.05, 0) is 23.1 Å². The summed E-state index contributed by atoms with van der Waals surface area (Å²) in [6.07, 6.45) is 1.52. The molecule has 0 bridgehead atoms. The third-order valence-electron chi connectivity index (χ3n) is 6.62. The molecule has 0 aliphatic carbocycles. The molecule has 5 heteroatoms. The molecule has 0 unspecified atom stereocenters. The number of hydrogen-bond donors (Lipinski definition) is 0. The van der Waals surface area contributed by atoms with Crippen molar-refractivity contribution in [3.63, 3.8) is 0 Å². The first-order valence-electron chi connectivity index (χ1n) is 13.4. The minimum atomic E-state index is -0.727. The van der Waals surface area contributed by atoms with E-state index in [0.717, 1.165) is 36.0 Å². The molecule has 1 heterocycles. The minimum Gasteiger partial charge on any atom is -0.374 e. The van der Waals surface area contributed by atoms with Crippen LogP contribution in [0.15, 0.2) is 91.0 Å². The highest BCUT2D eigenvalue weighted by atomic mass is 16.6. The number of hydrogen-bond acceptors (Lipinski definition) is 5. The fourth-order valence-electron chi connectivity index (χ4n) is 4.59. The Morgan fingerprint density at radius 2 is 1.24 bits per heavy atom. The van der Waals surface area contributed by atoms with Crippen molar-refractivity contribution in [2.75, 3.05) is 6.61 Å². The second kappa shape index (κ2) is 14.8. The van der Waals surface area contributed by atoms with Crippen LogP contribution in [-0.2, 0) is 43.6 Å². The molecule has 1 aliphatic heterocycles. The van der Waals surface area contributed by atoms with Gasteiger partial charge in [0.05, 0.1) is 26.4 Å². The number of ketones is 1. The summed E-state index contributed by atoms with van der Waals surface area (Å²) in [5.41, 5.74) is 3.14. The summed E-state index contributed by atoms with van der Waals surface area (Å²) < 4.78 is 25.2. The lowest BCUT2D eigenvalue weighted by Gasteiger charge is -2.40. The fraction of sp³-hybridized carbons (Fsp3) is 0.406. The zero-order valence-corrected chi connectivity index (χ0v) is 21.7. The van der Waals surface area contributed by atoms with E-state index in [0.29, 0.717) is 32.8 Å². The van der Waals surface area contributed by atoms with Crippen LogP contribution in [0.2, 0.25) is 0 Å². The van der Waals surface area contributed by atoms with Crippen molar-refractivity contribution in [2.24, 2.45) is 0 Å². The molecule has 37 heavy (non-hydrogen) atoms. The van der Waals surface area contributed by atoms with Crippen molar-refractivity contribution in [3.05, 3.63) is 108 Å². The van der Waals surface area contributed by atoms with Crippen LogP contribution in [0.5, 0.6) is 0 Å². The zero-order valence-electron chi connectivity index (χ0n) is 21.7. The van der Waals surface area contributed by atoms with Crippen molar-refractivity contribution in [2.45, 2.75) is 76.8 Å². The molecule has 4 rings (SSSR count). The van der Waals surface area contributed by atoms with E-state index >= 15 is 0 Å². The smallest absolute Gasteiger partial charge is 0.192 e. The third-order valence-corrected chi connectivity index (χ3v) is 6.62. The Bertz CT molecular complexity index is 1040. The number of benzene rings is 3. The predicted octanol–water partition coefficient (Wildman–Crippen LogP) is 6.29.